The molecular formula is C19H25N2O+. The average molecular weight is 297 g/mol. The average Bonchev–Trinajstić information content (AvgIpc) is 2.49. The first-order chi connectivity index (χ1) is 10.5. The highest BCUT2D eigenvalue weighted by Gasteiger charge is 2.13. The molecular weight excluding hydrogens is 272 g/mol. The molecule has 116 valence electrons. The molecule has 0 aliphatic heterocycles. The molecule has 0 radical (unpaired) electrons. The maximum Gasteiger partial charge on any atom is 0.279 e. The Hall–Kier alpha value is -2.13. The first-order valence-corrected chi connectivity index (χ1v) is 7.73. The number of nitrogens with one attached hydrogen (secondary N) is 1. The van der Waals surface area contributed by atoms with Gasteiger partial charge in [0.25, 0.3) is 5.91 Å². The number of nitrogens with two attached hydrogens (primary N) is 1. The molecule has 0 aliphatic rings. The third-order valence-electron chi connectivity index (χ3n) is 3.92. The molecule has 2 rings (SSSR count). The lowest BCUT2D eigenvalue weighted by Gasteiger charge is -2.14. The summed E-state index contributed by atoms with van der Waals surface area (Å²) in [4.78, 5) is 12.2. The second-order valence-electron chi connectivity index (χ2n) is 5.96. The number of amides is 1. The van der Waals surface area contributed by atoms with Gasteiger partial charge in [0.2, 0.25) is 0 Å². The predicted molar refractivity (Wildman–Crippen MR) is 90.9 cm³/mol. The fourth-order valence-corrected chi connectivity index (χ4v) is 2.74. The van der Waals surface area contributed by atoms with E-state index in [9.17, 15) is 4.79 Å². The Kier molecular flexibility index (Phi) is 5.34. The molecule has 0 bridgehead atoms. The number of aryl methyl sites for hydroxylation is 3. The minimum atomic E-state index is 0.0397. The number of hydrogen-bond acceptors (Lipinski definition) is 1. The highest BCUT2D eigenvalue weighted by molar-refractivity contribution is 5.93. The Morgan fingerprint density at radius 3 is 2.27 bits per heavy atom. The van der Waals surface area contributed by atoms with Crippen LogP contribution in [-0.4, -0.2) is 12.5 Å². The van der Waals surface area contributed by atoms with E-state index in [4.69, 9.17) is 0 Å². The molecule has 0 unspecified atom stereocenters. The molecule has 0 saturated carbocycles. The van der Waals surface area contributed by atoms with E-state index in [0.717, 1.165) is 16.8 Å². The van der Waals surface area contributed by atoms with Crippen LogP contribution in [0.15, 0.2) is 42.5 Å². The second-order valence-corrected chi connectivity index (χ2v) is 5.96. The van der Waals surface area contributed by atoms with Crippen LogP contribution in [-0.2, 0) is 4.79 Å². The number of rotatable bonds is 5. The zero-order chi connectivity index (χ0) is 16.1. The molecule has 0 aliphatic carbocycles. The van der Waals surface area contributed by atoms with Crippen LogP contribution in [0.4, 0.5) is 5.69 Å². The van der Waals surface area contributed by atoms with E-state index in [1.54, 1.807) is 0 Å². The first kappa shape index (κ1) is 16.2. The van der Waals surface area contributed by atoms with Gasteiger partial charge in [-0.15, -0.1) is 0 Å². The Labute approximate surface area is 132 Å². The van der Waals surface area contributed by atoms with Gasteiger partial charge in [-0.25, -0.2) is 0 Å². The fourth-order valence-electron chi connectivity index (χ4n) is 2.74. The van der Waals surface area contributed by atoms with Gasteiger partial charge >= 0.3 is 0 Å². The molecule has 0 heterocycles. The van der Waals surface area contributed by atoms with E-state index >= 15 is 0 Å². The molecule has 1 atom stereocenters. The van der Waals surface area contributed by atoms with Gasteiger partial charge < -0.3 is 10.6 Å². The standard InChI is InChI=1S/C19H24N2O/c1-13-10-14(2)19(15(3)11-13)21-18(22)12-20-16(4)17-8-6-5-7-9-17/h5-11,16,20H,12H2,1-4H3,(H,21,22)/p+1/t16-/m0/s1. The van der Waals surface area contributed by atoms with Gasteiger partial charge in [0.15, 0.2) is 6.54 Å². The quantitative estimate of drug-likeness (QED) is 0.876. The summed E-state index contributed by atoms with van der Waals surface area (Å²) in [5.41, 5.74) is 5.62. The van der Waals surface area contributed by atoms with E-state index in [2.05, 4.69) is 48.7 Å². The topological polar surface area (TPSA) is 45.7 Å². The van der Waals surface area contributed by atoms with Crippen molar-refractivity contribution >= 4 is 11.6 Å². The van der Waals surface area contributed by atoms with Crippen LogP contribution in [0.3, 0.4) is 0 Å². The van der Waals surface area contributed by atoms with Gasteiger partial charge in [-0.1, -0.05) is 48.0 Å². The fraction of sp³-hybridized carbons (Fsp3) is 0.316. The van der Waals surface area contributed by atoms with Crippen molar-refractivity contribution < 1.29 is 10.1 Å². The maximum atomic E-state index is 12.2. The summed E-state index contributed by atoms with van der Waals surface area (Å²) in [7, 11) is 0. The van der Waals surface area contributed by atoms with Gasteiger partial charge in [-0.2, -0.15) is 0 Å². The first-order valence-electron chi connectivity index (χ1n) is 7.73. The lowest BCUT2D eigenvalue weighted by atomic mass is 10.1. The minimum Gasteiger partial charge on any atom is -0.333 e. The largest absolute Gasteiger partial charge is 0.333 e. The molecule has 3 nitrogen and oxygen atoms in total. The van der Waals surface area contributed by atoms with Gasteiger partial charge in [-0.05, 0) is 38.8 Å². The van der Waals surface area contributed by atoms with Crippen LogP contribution in [0.5, 0.6) is 0 Å². The Balaban J connectivity index is 1.94. The van der Waals surface area contributed by atoms with E-state index in [1.165, 1.54) is 11.1 Å². The summed E-state index contributed by atoms with van der Waals surface area (Å²) < 4.78 is 0. The van der Waals surface area contributed by atoms with E-state index in [-0.39, 0.29) is 11.9 Å². The van der Waals surface area contributed by atoms with E-state index in [0.29, 0.717) is 6.54 Å². The van der Waals surface area contributed by atoms with Crippen molar-refractivity contribution in [1.82, 2.24) is 0 Å². The number of carbonyl (C=O) groups is 1. The molecule has 0 aromatic heterocycles. The molecule has 3 N–H and O–H groups in total. The molecule has 2 aromatic carbocycles. The molecule has 0 fully saturated rings. The monoisotopic (exact) mass is 297 g/mol. The Morgan fingerprint density at radius 2 is 1.68 bits per heavy atom. The molecule has 0 spiro atoms. The Bertz CT molecular complexity index is 627. The van der Waals surface area contributed by atoms with Crippen LogP contribution >= 0.6 is 0 Å². The normalized spacial score (nSPS) is 12.0. The zero-order valence-corrected chi connectivity index (χ0v) is 13.8. The van der Waals surface area contributed by atoms with E-state index in [1.807, 2.05) is 32.0 Å². The highest BCUT2D eigenvalue weighted by atomic mass is 16.1. The predicted octanol–water partition coefficient (Wildman–Crippen LogP) is 2.87. The van der Waals surface area contributed by atoms with Crippen molar-refractivity contribution in [2.24, 2.45) is 0 Å². The number of hydrogen-bond donors (Lipinski definition) is 2. The van der Waals surface area contributed by atoms with Crippen molar-refractivity contribution in [3.8, 4) is 0 Å². The SMILES string of the molecule is Cc1cc(C)c(NC(=O)C[NH2+][C@@H](C)c2ccccc2)c(C)c1. The van der Waals surface area contributed by atoms with Crippen LogP contribution in [0.25, 0.3) is 0 Å². The van der Waals surface area contributed by atoms with Crippen molar-refractivity contribution in [2.75, 3.05) is 11.9 Å². The number of carbonyl (C=O) groups excluding carboxylic acids is 1. The summed E-state index contributed by atoms with van der Waals surface area (Å²) in [6.07, 6.45) is 0. The van der Waals surface area contributed by atoms with Crippen molar-refractivity contribution in [1.29, 1.82) is 0 Å². The third-order valence-corrected chi connectivity index (χ3v) is 3.92. The maximum absolute atomic E-state index is 12.2. The summed E-state index contributed by atoms with van der Waals surface area (Å²) in [6, 6.07) is 14.7. The Morgan fingerprint density at radius 1 is 1.09 bits per heavy atom. The summed E-state index contributed by atoms with van der Waals surface area (Å²) in [5.74, 6) is 0.0397. The number of quaternary nitrogens is 1. The second kappa shape index (κ2) is 7.23. The van der Waals surface area contributed by atoms with Gasteiger partial charge in [-0.3, -0.25) is 4.79 Å². The third kappa shape index (κ3) is 4.18. The molecule has 1 amide bonds. The van der Waals surface area contributed by atoms with Gasteiger partial charge in [0.05, 0.1) is 0 Å². The van der Waals surface area contributed by atoms with Crippen molar-refractivity contribution in [2.45, 2.75) is 33.7 Å². The van der Waals surface area contributed by atoms with Crippen LogP contribution < -0.4 is 10.6 Å². The molecule has 3 heteroatoms. The lowest BCUT2D eigenvalue weighted by Crippen LogP contribution is -2.86. The summed E-state index contributed by atoms with van der Waals surface area (Å²) in [5, 5.41) is 5.10. The van der Waals surface area contributed by atoms with Crippen molar-refractivity contribution in [3.63, 3.8) is 0 Å². The molecule has 2 aromatic rings. The van der Waals surface area contributed by atoms with Crippen LogP contribution in [0.2, 0.25) is 0 Å². The zero-order valence-electron chi connectivity index (χ0n) is 13.8. The lowest BCUT2D eigenvalue weighted by molar-refractivity contribution is -0.682. The molecule has 0 saturated heterocycles. The smallest absolute Gasteiger partial charge is 0.279 e. The van der Waals surface area contributed by atoms with Crippen LogP contribution in [0.1, 0.15) is 35.2 Å². The van der Waals surface area contributed by atoms with Gasteiger partial charge in [0.1, 0.15) is 6.04 Å². The number of anilines is 1. The summed E-state index contributed by atoms with van der Waals surface area (Å²) in [6.45, 7) is 8.67. The summed E-state index contributed by atoms with van der Waals surface area (Å²) >= 11 is 0. The molecule has 22 heavy (non-hydrogen) atoms. The van der Waals surface area contributed by atoms with Crippen LogP contribution in [0, 0.1) is 20.8 Å². The van der Waals surface area contributed by atoms with E-state index < -0.39 is 0 Å². The minimum absolute atomic E-state index is 0.0397. The van der Waals surface area contributed by atoms with Gasteiger partial charge in [0, 0.05) is 11.3 Å². The highest BCUT2D eigenvalue weighted by Crippen LogP contribution is 2.21. The number of benzene rings is 2. The van der Waals surface area contributed by atoms with Crippen molar-refractivity contribution in [3.05, 3.63) is 64.7 Å².